The van der Waals surface area contributed by atoms with Gasteiger partial charge in [0.1, 0.15) is 5.75 Å². The van der Waals surface area contributed by atoms with Gasteiger partial charge in [-0.2, -0.15) is 4.80 Å². The second-order valence-electron chi connectivity index (χ2n) is 5.64. The predicted octanol–water partition coefficient (Wildman–Crippen LogP) is 2.16. The van der Waals surface area contributed by atoms with E-state index in [1.165, 1.54) is 4.80 Å². The zero-order valence-electron chi connectivity index (χ0n) is 14.7. The fraction of sp³-hybridized carbons (Fsp3) is 0.211. The number of Topliss-reactive ketones (excluding diaryl/α,β-unsaturated/α-hetero) is 1. The SMILES string of the molecule is COc1cccc(-c2nnn(CCC(=O)OCC(=O)c3ccccc3)n2)c1. The maximum absolute atomic E-state index is 11.9. The van der Waals surface area contributed by atoms with E-state index in [-0.39, 0.29) is 25.4 Å². The summed E-state index contributed by atoms with van der Waals surface area (Å²) in [6.45, 7) is -0.0853. The van der Waals surface area contributed by atoms with Crippen molar-refractivity contribution in [3.05, 3.63) is 60.2 Å². The molecule has 0 atom stereocenters. The topological polar surface area (TPSA) is 96.2 Å². The van der Waals surface area contributed by atoms with Crippen LogP contribution in [-0.4, -0.2) is 45.7 Å². The van der Waals surface area contributed by atoms with E-state index in [0.717, 1.165) is 5.56 Å². The van der Waals surface area contributed by atoms with Crippen LogP contribution in [0.15, 0.2) is 54.6 Å². The molecular weight excluding hydrogens is 348 g/mol. The zero-order chi connectivity index (χ0) is 19.1. The van der Waals surface area contributed by atoms with Crippen LogP contribution >= 0.6 is 0 Å². The highest BCUT2D eigenvalue weighted by Crippen LogP contribution is 2.19. The molecule has 0 saturated heterocycles. The third kappa shape index (κ3) is 4.97. The van der Waals surface area contributed by atoms with Crippen LogP contribution < -0.4 is 4.74 Å². The maximum Gasteiger partial charge on any atom is 0.308 e. The van der Waals surface area contributed by atoms with Gasteiger partial charge >= 0.3 is 5.97 Å². The third-order valence-electron chi connectivity index (χ3n) is 3.76. The molecule has 0 aliphatic heterocycles. The highest BCUT2D eigenvalue weighted by molar-refractivity contribution is 5.97. The van der Waals surface area contributed by atoms with Crippen molar-refractivity contribution >= 4 is 11.8 Å². The van der Waals surface area contributed by atoms with E-state index in [1.54, 1.807) is 37.4 Å². The zero-order valence-corrected chi connectivity index (χ0v) is 14.7. The van der Waals surface area contributed by atoms with E-state index in [2.05, 4.69) is 15.4 Å². The molecule has 8 heteroatoms. The van der Waals surface area contributed by atoms with Crippen molar-refractivity contribution in [2.45, 2.75) is 13.0 Å². The monoisotopic (exact) mass is 366 g/mol. The van der Waals surface area contributed by atoms with Crippen molar-refractivity contribution in [1.29, 1.82) is 0 Å². The number of tetrazole rings is 1. The Labute approximate surface area is 155 Å². The number of rotatable bonds is 8. The number of nitrogens with zero attached hydrogens (tertiary/aromatic N) is 4. The number of carbonyl (C=O) groups excluding carboxylic acids is 2. The average Bonchev–Trinajstić information content (AvgIpc) is 3.20. The Morgan fingerprint density at radius 1 is 1.07 bits per heavy atom. The fourth-order valence-electron chi connectivity index (χ4n) is 2.33. The number of carbonyl (C=O) groups is 2. The Kier molecular flexibility index (Phi) is 5.88. The average molecular weight is 366 g/mol. The number of methoxy groups -OCH3 is 1. The molecule has 0 aliphatic carbocycles. The molecule has 3 aromatic rings. The van der Waals surface area contributed by atoms with E-state index in [4.69, 9.17) is 9.47 Å². The number of ether oxygens (including phenoxy) is 2. The van der Waals surface area contributed by atoms with E-state index < -0.39 is 5.97 Å². The van der Waals surface area contributed by atoms with Crippen molar-refractivity contribution in [2.75, 3.05) is 13.7 Å². The molecule has 1 aromatic heterocycles. The first-order chi connectivity index (χ1) is 13.2. The number of aryl methyl sites for hydroxylation is 1. The van der Waals surface area contributed by atoms with E-state index in [1.807, 2.05) is 24.3 Å². The summed E-state index contributed by atoms with van der Waals surface area (Å²) in [5.74, 6) is 0.375. The van der Waals surface area contributed by atoms with Gasteiger partial charge in [0.2, 0.25) is 5.82 Å². The minimum absolute atomic E-state index is 0.0377. The fourth-order valence-corrected chi connectivity index (χ4v) is 2.33. The van der Waals surface area contributed by atoms with Gasteiger partial charge in [0.15, 0.2) is 12.4 Å². The first-order valence-electron chi connectivity index (χ1n) is 8.32. The summed E-state index contributed by atoms with van der Waals surface area (Å²) in [6.07, 6.45) is 0.0377. The Morgan fingerprint density at radius 2 is 1.89 bits per heavy atom. The molecule has 3 rings (SSSR count). The number of aromatic nitrogens is 4. The van der Waals surface area contributed by atoms with E-state index in [9.17, 15) is 9.59 Å². The summed E-state index contributed by atoms with van der Waals surface area (Å²) in [5.41, 5.74) is 1.27. The van der Waals surface area contributed by atoms with Crippen molar-refractivity contribution in [1.82, 2.24) is 20.2 Å². The quantitative estimate of drug-likeness (QED) is 0.445. The summed E-state index contributed by atoms with van der Waals surface area (Å²) >= 11 is 0. The predicted molar refractivity (Wildman–Crippen MR) is 96.2 cm³/mol. The van der Waals surface area contributed by atoms with E-state index in [0.29, 0.717) is 17.1 Å². The molecule has 2 aromatic carbocycles. The standard InChI is InChI=1S/C19H18N4O4/c1-26-16-9-5-8-15(12-16)19-20-22-23(21-19)11-10-18(25)27-13-17(24)14-6-3-2-4-7-14/h2-9,12H,10-11,13H2,1H3. The number of ketones is 1. The number of benzene rings is 2. The second kappa shape index (κ2) is 8.70. The maximum atomic E-state index is 11.9. The first-order valence-corrected chi connectivity index (χ1v) is 8.32. The smallest absolute Gasteiger partial charge is 0.308 e. The molecule has 0 amide bonds. The summed E-state index contributed by atoms with van der Waals surface area (Å²) in [6, 6.07) is 16.0. The minimum atomic E-state index is -0.500. The van der Waals surface area contributed by atoms with Crippen molar-refractivity contribution in [3.8, 4) is 17.1 Å². The molecule has 0 saturated carbocycles. The first kappa shape index (κ1) is 18.2. The normalized spacial score (nSPS) is 10.4. The summed E-state index contributed by atoms with van der Waals surface area (Å²) < 4.78 is 10.2. The van der Waals surface area contributed by atoms with Gasteiger partial charge in [-0.1, -0.05) is 42.5 Å². The second-order valence-corrected chi connectivity index (χ2v) is 5.64. The van der Waals surface area contributed by atoms with Gasteiger partial charge in [0.05, 0.1) is 20.1 Å². The molecule has 138 valence electrons. The molecule has 1 heterocycles. The van der Waals surface area contributed by atoms with Gasteiger partial charge in [-0.3, -0.25) is 9.59 Å². The lowest BCUT2D eigenvalue weighted by atomic mass is 10.1. The summed E-state index contributed by atoms with van der Waals surface area (Å²) in [5, 5.41) is 12.1. The molecular formula is C19H18N4O4. The van der Waals surface area contributed by atoms with Gasteiger partial charge in [0, 0.05) is 11.1 Å². The van der Waals surface area contributed by atoms with Crippen molar-refractivity contribution in [3.63, 3.8) is 0 Å². The molecule has 0 fully saturated rings. The van der Waals surface area contributed by atoms with E-state index >= 15 is 0 Å². The molecule has 0 unspecified atom stereocenters. The number of esters is 1. The van der Waals surface area contributed by atoms with Crippen LogP contribution in [0.5, 0.6) is 5.75 Å². The van der Waals surface area contributed by atoms with Crippen LogP contribution in [0.25, 0.3) is 11.4 Å². The van der Waals surface area contributed by atoms with Gasteiger partial charge in [-0.25, -0.2) is 0 Å². The largest absolute Gasteiger partial charge is 0.497 e. The van der Waals surface area contributed by atoms with Crippen molar-refractivity contribution in [2.24, 2.45) is 0 Å². The number of hydrogen-bond donors (Lipinski definition) is 0. The van der Waals surface area contributed by atoms with Gasteiger partial charge in [-0.05, 0) is 17.3 Å². The highest BCUT2D eigenvalue weighted by atomic mass is 16.5. The molecule has 0 aliphatic rings. The lowest BCUT2D eigenvalue weighted by Gasteiger charge is -2.04. The number of hydrogen-bond acceptors (Lipinski definition) is 7. The van der Waals surface area contributed by atoms with Crippen LogP contribution in [-0.2, 0) is 16.1 Å². The van der Waals surface area contributed by atoms with Crippen LogP contribution in [0, 0.1) is 0 Å². The molecule has 0 bridgehead atoms. The molecule has 0 spiro atoms. The minimum Gasteiger partial charge on any atom is -0.497 e. The molecule has 0 radical (unpaired) electrons. The molecule has 27 heavy (non-hydrogen) atoms. The van der Waals surface area contributed by atoms with Crippen LogP contribution in [0.3, 0.4) is 0 Å². The summed E-state index contributed by atoms with van der Waals surface area (Å²) in [7, 11) is 1.58. The molecule has 8 nitrogen and oxygen atoms in total. The van der Waals surface area contributed by atoms with Crippen LogP contribution in [0.1, 0.15) is 16.8 Å². The Morgan fingerprint density at radius 3 is 2.67 bits per heavy atom. The van der Waals surface area contributed by atoms with Crippen molar-refractivity contribution < 1.29 is 19.1 Å². The highest BCUT2D eigenvalue weighted by Gasteiger charge is 2.12. The lowest BCUT2D eigenvalue weighted by molar-refractivity contribution is -0.142. The van der Waals surface area contributed by atoms with Gasteiger partial charge in [0.25, 0.3) is 0 Å². The summed E-state index contributed by atoms with van der Waals surface area (Å²) in [4.78, 5) is 25.1. The third-order valence-corrected chi connectivity index (χ3v) is 3.76. The van der Waals surface area contributed by atoms with Crippen LogP contribution in [0.2, 0.25) is 0 Å². The molecule has 0 N–H and O–H groups in total. The van der Waals surface area contributed by atoms with Gasteiger partial charge in [-0.15, -0.1) is 10.2 Å². The van der Waals surface area contributed by atoms with Gasteiger partial charge < -0.3 is 9.47 Å². The Balaban J connectivity index is 1.49. The Bertz CT molecular complexity index is 924. The Hall–Kier alpha value is -3.55. The van der Waals surface area contributed by atoms with Crippen LogP contribution in [0.4, 0.5) is 0 Å². The lowest BCUT2D eigenvalue weighted by Crippen LogP contribution is -2.16.